The second-order valence-electron chi connectivity index (χ2n) is 5.70. The van der Waals surface area contributed by atoms with Crippen molar-refractivity contribution in [1.82, 2.24) is 19.9 Å². The summed E-state index contributed by atoms with van der Waals surface area (Å²) in [5.74, 6) is 0.835. The second-order valence-corrected chi connectivity index (χ2v) is 6.48. The van der Waals surface area contributed by atoms with Crippen LogP contribution in [-0.2, 0) is 4.74 Å². The monoisotopic (exact) mass is 341 g/mol. The number of pyridine rings is 1. The van der Waals surface area contributed by atoms with Gasteiger partial charge in [-0.25, -0.2) is 15.0 Å². The Morgan fingerprint density at radius 1 is 1.21 bits per heavy atom. The van der Waals surface area contributed by atoms with Crippen LogP contribution >= 0.6 is 11.3 Å². The minimum atomic E-state index is 0.307. The maximum atomic E-state index is 5.50. The van der Waals surface area contributed by atoms with Crippen LogP contribution in [0.1, 0.15) is 11.6 Å². The van der Waals surface area contributed by atoms with Crippen molar-refractivity contribution in [3.05, 3.63) is 47.0 Å². The highest BCUT2D eigenvalue weighted by Crippen LogP contribution is 2.25. The molecule has 1 fully saturated rings. The van der Waals surface area contributed by atoms with Gasteiger partial charge in [-0.1, -0.05) is 0 Å². The molecule has 0 amide bonds. The van der Waals surface area contributed by atoms with Gasteiger partial charge in [0.2, 0.25) is 0 Å². The summed E-state index contributed by atoms with van der Waals surface area (Å²) in [6.45, 7) is 4.28. The normalized spacial score (nSPS) is 17.0. The summed E-state index contributed by atoms with van der Waals surface area (Å²) in [6.07, 6.45) is 3.31. The third-order valence-electron chi connectivity index (χ3n) is 4.29. The van der Waals surface area contributed by atoms with Gasteiger partial charge in [-0.3, -0.25) is 4.90 Å². The molecule has 3 aromatic heterocycles. The molecule has 1 atom stereocenters. The molecule has 124 valence electrons. The Balaban J connectivity index is 1.56. The van der Waals surface area contributed by atoms with Crippen molar-refractivity contribution in [3.8, 4) is 0 Å². The highest BCUT2D eigenvalue weighted by atomic mass is 32.1. The molecule has 0 radical (unpaired) electrons. The molecule has 1 aliphatic heterocycles. The first-order valence-corrected chi connectivity index (χ1v) is 8.99. The molecule has 4 rings (SSSR count). The number of nitrogens with one attached hydrogen (secondary N) is 1. The van der Waals surface area contributed by atoms with E-state index >= 15 is 0 Å². The Bertz CT molecular complexity index is 783. The number of thiophene rings is 1. The van der Waals surface area contributed by atoms with E-state index < -0.39 is 0 Å². The largest absolute Gasteiger partial charge is 0.379 e. The molecule has 0 saturated carbocycles. The lowest BCUT2D eigenvalue weighted by molar-refractivity contribution is 0.0188. The van der Waals surface area contributed by atoms with E-state index in [0.29, 0.717) is 11.7 Å². The van der Waals surface area contributed by atoms with Gasteiger partial charge < -0.3 is 10.1 Å². The molecule has 0 bridgehead atoms. The summed E-state index contributed by atoms with van der Waals surface area (Å²) in [5.41, 5.74) is 2.05. The topological polar surface area (TPSA) is 63.2 Å². The molecule has 1 saturated heterocycles. The van der Waals surface area contributed by atoms with Crippen LogP contribution in [0.25, 0.3) is 11.0 Å². The Kier molecular flexibility index (Phi) is 4.64. The SMILES string of the molecule is c1cnc2ncnc(NCC(c3ccsc3)N3CCOCC3)c2c1. The van der Waals surface area contributed by atoms with Gasteiger partial charge in [0.05, 0.1) is 24.6 Å². The van der Waals surface area contributed by atoms with E-state index in [2.05, 4.69) is 42.0 Å². The molecule has 0 aromatic carbocycles. The fourth-order valence-electron chi connectivity index (χ4n) is 3.04. The fraction of sp³-hybridized carbons (Fsp3) is 0.353. The van der Waals surface area contributed by atoms with Crippen molar-refractivity contribution < 1.29 is 4.74 Å². The molecule has 1 aliphatic rings. The minimum Gasteiger partial charge on any atom is -0.379 e. The van der Waals surface area contributed by atoms with Crippen LogP contribution in [-0.4, -0.2) is 52.7 Å². The maximum Gasteiger partial charge on any atom is 0.164 e. The van der Waals surface area contributed by atoms with Gasteiger partial charge in [0, 0.05) is 25.8 Å². The van der Waals surface area contributed by atoms with Crippen LogP contribution in [0.3, 0.4) is 0 Å². The average Bonchev–Trinajstić information content (AvgIpc) is 3.17. The Morgan fingerprint density at radius 3 is 2.96 bits per heavy atom. The molecule has 6 nitrogen and oxygen atoms in total. The molecule has 1 N–H and O–H groups in total. The van der Waals surface area contributed by atoms with Crippen LogP contribution < -0.4 is 5.32 Å². The van der Waals surface area contributed by atoms with Crippen LogP contribution in [0.15, 0.2) is 41.5 Å². The third-order valence-corrected chi connectivity index (χ3v) is 4.99. The van der Waals surface area contributed by atoms with Crippen molar-refractivity contribution >= 4 is 28.2 Å². The van der Waals surface area contributed by atoms with E-state index in [9.17, 15) is 0 Å². The molecule has 0 aliphatic carbocycles. The highest BCUT2D eigenvalue weighted by Gasteiger charge is 2.23. The second kappa shape index (κ2) is 7.21. The predicted octanol–water partition coefficient (Wildman–Crippen LogP) is 2.57. The summed E-state index contributed by atoms with van der Waals surface area (Å²) in [5, 5.41) is 8.81. The van der Waals surface area contributed by atoms with Crippen molar-refractivity contribution in [2.45, 2.75) is 6.04 Å². The molecule has 4 heterocycles. The summed E-state index contributed by atoms with van der Waals surface area (Å²) in [7, 11) is 0. The molecule has 1 unspecified atom stereocenters. The van der Waals surface area contributed by atoms with E-state index in [1.54, 1.807) is 23.9 Å². The van der Waals surface area contributed by atoms with E-state index in [1.165, 1.54) is 5.56 Å². The van der Waals surface area contributed by atoms with E-state index in [1.807, 2.05) is 12.1 Å². The standard InChI is InChI=1S/C17H19N5OS/c1-2-14-16(18-4-1)20-12-21-17(14)19-10-15(13-3-9-24-11-13)22-5-7-23-8-6-22/h1-4,9,11-12,15H,5-8,10H2,(H,18,19,20,21). The van der Waals surface area contributed by atoms with Crippen molar-refractivity contribution in [1.29, 1.82) is 0 Å². The third kappa shape index (κ3) is 3.24. The summed E-state index contributed by atoms with van der Waals surface area (Å²) in [4.78, 5) is 15.4. The molecule has 3 aromatic rings. The number of hydrogen-bond acceptors (Lipinski definition) is 7. The van der Waals surface area contributed by atoms with Gasteiger partial charge in [0.15, 0.2) is 5.65 Å². The van der Waals surface area contributed by atoms with E-state index in [-0.39, 0.29) is 0 Å². The van der Waals surface area contributed by atoms with Crippen LogP contribution in [0, 0.1) is 0 Å². The Morgan fingerprint density at radius 2 is 2.12 bits per heavy atom. The van der Waals surface area contributed by atoms with E-state index in [4.69, 9.17) is 4.74 Å². The number of rotatable bonds is 5. The first-order chi connectivity index (χ1) is 11.9. The van der Waals surface area contributed by atoms with Gasteiger partial charge in [0.1, 0.15) is 12.1 Å². The number of nitrogens with zero attached hydrogens (tertiary/aromatic N) is 4. The first-order valence-electron chi connectivity index (χ1n) is 8.05. The Labute approximate surface area is 144 Å². The van der Waals surface area contributed by atoms with Gasteiger partial charge >= 0.3 is 0 Å². The summed E-state index contributed by atoms with van der Waals surface area (Å²) >= 11 is 1.73. The zero-order chi connectivity index (χ0) is 16.2. The molecular weight excluding hydrogens is 322 g/mol. The molecule has 7 heteroatoms. The van der Waals surface area contributed by atoms with Crippen LogP contribution in [0.2, 0.25) is 0 Å². The van der Waals surface area contributed by atoms with Crippen molar-refractivity contribution in [2.75, 3.05) is 38.2 Å². The average molecular weight is 341 g/mol. The first kappa shape index (κ1) is 15.4. The van der Waals surface area contributed by atoms with Gasteiger partial charge in [-0.05, 0) is 34.5 Å². The van der Waals surface area contributed by atoms with Gasteiger partial charge in [-0.15, -0.1) is 0 Å². The summed E-state index contributed by atoms with van der Waals surface area (Å²) in [6, 6.07) is 6.42. The van der Waals surface area contributed by atoms with Crippen LogP contribution in [0.4, 0.5) is 5.82 Å². The number of morpholine rings is 1. The lowest BCUT2D eigenvalue weighted by Crippen LogP contribution is -2.41. The smallest absolute Gasteiger partial charge is 0.164 e. The quantitative estimate of drug-likeness (QED) is 0.769. The number of fused-ring (bicyclic) bond motifs is 1. The maximum absolute atomic E-state index is 5.50. The highest BCUT2D eigenvalue weighted by molar-refractivity contribution is 7.07. The number of ether oxygens (including phenoxy) is 1. The minimum absolute atomic E-state index is 0.307. The fourth-order valence-corrected chi connectivity index (χ4v) is 3.75. The lowest BCUT2D eigenvalue weighted by Gasteiger charge is -2.34. The lowest BCUT2D eigenvalue weighted by atomic mass is 10.1. The molecular formula is C17H19N5OS. The number of aromatic nitrogens is 3. The molecule has 24 heavy (non-hydrogen) atoms. The van der Waals surface area contributed by atoms with Gasteiger partial charge in [0.25, 0.3) is 0 Å². The zero-order valence-electron chi connectivity index (χ0n) is 13.3. The zero-order valence-corrected chi connectivity index (χ0v) is 14.1. The summed E-state index contributed by atoms with van der Waals surface area (Å²) < 4.78 is 5.50. The molecule has 0 spiro atoms. The number of hydrogen-bond donors (Lipinski definition) is 1. The van der Waals surface area contributed by atoms with Crippen LogP contribution in [0.5, 0.6) is 0 Å². The van der Waals surface area contributed by atoms with Gasteiger partial charge in [-0.2, -0.15) is 11.3 Å². The van der Waals surface area contributed by atoms with Crippen molar-refractivity contribution in [2.24, 2.45) is 0 Å². The Hall–Kier alpha value is -2.09. The van der Waals surface area contributed by atoms with E-state index in [0.717, 1.165) is 44.1 Å². The van der Waals surface area contributed by atoms with Crippen molar-refractivity contribution in [3.63, 3.8) is 0 Å². The predicted molar refractivity (Wildman–Crippen MR) is 95.3 cm³/mol. The number of anilines is 1.